The van der Waals surface area contributed by atoms with Gasteiger partial charge in [0.05, 0.1) is 12.7 Å². The van der Waals surface area contributed by atoms with Gasteiger partial charge in [-0.05, 0) is 31.9 Å². The molecule has 0 N–H and O–H groups in total. The number of hydrogen-bond acceptors (Lipinski definition) is 2. The van der Waals surface area contributed by atoms with E-state index >= 15 is 0 Å². The van der Waals surface area contributed by atoms with E-state index < -0.39 is 0 Å². The maximum atomic E-state index is 5.24. The molecule has 0 rings (SSSR count). The van der Waals surface area contributed by atoms with Crippen molar-refractivity contribution in [3.63, 3.8) is 0 Å². The maximum absolute atomic E-state index is 5.24. The van der Waals surface area contributed by atoms with Crippen LogP contribution in [0.1, 0.15) is 13.8 Å². The minimum Gasteiger partial charge on any atom is -0.375 e. The first-order valence-electron chi connectivity index (χ1n) is 3.93. The minimum atomic E-state index is 0.266. The summed E-state index contributed by atoms with van der Waals surface area (Å²) in [4.78, 5) is 3.82. The molecule has 0 aromatic rings. The Bertz CT molecular complexity index is 198. The summed E-state index contributed by atoms with van der Waals surface area (Å²) in [5.41, 5.74) is 0. The number of hydrogen-bond donors (Lipinski definition) is 0. The van der Waals surface area contributed by atoms with Crippen molar-refractivity contribution in [2.24, 2.45) is 4.99 Å². The van der Waals surface area contributed by atoms with Crippen LogP contribution in [0.4, 0.5) is 0 Å². The number of allylic oxidation sites excluding steroid dienone is 2. The van der Waals surface area contributed by atoms with Crippen molar-refractivity contribution in [3.05, 3.63) is 31.0 Å². The molecule has 0 heterocycles. The van der Waals surface area contributed by atoms with E-state index in [-0.39, 0.29) is 6.10 Å². The van der Waals surface area contributed by atoms with Crippen molar-refractivity contribution in [3.8, 4) is 0 Å². The maximum Gasteiger partial charge on any atom is 0.0668 e. The molecule has 0 unspecified atom stereocenters. The topological polar surface area (TPSA) is 21.6 Å². The molecular formula is C10H15NO. The lowest BCUT2D eigenvalue weighted by Gasteiger charge is -2.01. The fraction of sp³-hybridized carbons (Fsp3) is 0.400. The van der Waals surface area contributed by atoms with Crippen molar-refractivity contribution >= 4 is 5.87 Å². The number of nitrogens with zero attached hydrogens (tertiary/aromatic N) is 1. The monoisotopic (exact) mass is 165 g/mol. The smallest absolute Gasteiger partial charge is 0.0668 e. The van der Waals surface area contributed by atoms with Gasteiger partial charge in [0, 0.05) is 6.20 Å². The van der Waals surface area contributed by atoms with Crippen LogP contribution in [0.3, 0.4) is 0 Å². The van der Waals surface area contributed by atoms with Crippen LogP contribution in [-0.2, 0) is 4.74 Å². The van der Waals surface area contributed by atoms with Gasteiger partial charge >= 0.3 is 0 Å². The van der Waals surface area contributed by atoms with Gasteiger partial charge in [-0.15, -0.1) is 0 Å². The van der Waals surface area contributed by atoms with Gasteiger partial charge in [-0.2, -0.15) is 0 Å². The standard InChI is InChI=1S/C10H15NO/c1-4-5-7-11-8-6-9-12-10(2)3/h4-6,8,10H,1,9H2,2-3H3/b8-6-. The quantitative estimate of drug-likeness (QED) is 0.452. The van der Waals surface area contributed by atoms with E-state index in [2.05, 4.69) is 17.4 Å². The van der Waals surface area contributed by atoms with Crippen LogP contribution >= 0.6 is 0 Å². The van der Waals surface area contributed by atoms with Gasteiger partial charge in [0.15, 0.2) is 0 Å². The van der Waals surface area contributed by atoms with E-state index in [1.54, 1.807) is 18.4 Å². The van der Waals surface area contributed by atoms with E-state index in [0.717, 1.165) is 0 Å². The zero-order valence-electron chi connectivity index (χ0n) is 7.66. The second-order valence-corrected chi connectivity index (χ2v) is 2.43. The SMILES string of the molecule is C=CC=C=N/C=C\COC(C)C. The van der Waals surface area contributed by atoms with Crippen molar-refractivity contribution in [2.75, 3.05) is 6.61 Å². The fourth-order valence-corrected chi connectivity index (χ4v) is 0.483. The Labute approximate surface area is 74.0 Å². The second kappa shape index (κ2) is 7.99. The molecule has 0 saturated heterocycles. The highest BCUT2D eigenvalue weighted by Gasteiger charge is 1.86. The number of aliphatic imine (C=N–C) groups is 1. The van der Waals surface area contributed by atoms with Crippen molar-refractivity contribution in [1.29, 1.82) is 0 Å². The summed E-state index contributed by atoms with van der Waals surface area (Å²) < 4.78 is 5.24. The minimum absolute atomic E-state index is 0.266. The molecule has 0 amide bonds. The van der Waals surface area contributed by atoms with Crippen LogP contribution in [0.15, 0.2) is 36.0 Å². The molecule has 66 valence electrons. The third-order valence-corrected chi connectivity index (χ3v) is 0.973. The molecule has 0 spiro atoms. The molecule has 2 nitrogen and oxygen atoms in total. The highest BCUT2D eigenvalue weighted by Crippen LogP contribution is 1.87. The van der Waals surface area contributed by atoms with E-state index in [1.165, 1.54) is 0 Å². The molecule has 0 aliphatic carbocycles. The summed E-state index contributed by atoms with van der Waals surface area (Å²) in [5, 5.41) is 0. The largest absolute Gasteiger partial charge is 0.375 e. The highest BCUT2D eigenvalue weighted by molar-refractivity contribution is 5.55. The number of ether oxygens (including phenoxy) is 1. The van der Waals surface area contributed by atoms with E-state index in [1.807, 2.05) is 19.9 Å². The van der Waals surface area contributed by atoms with E-state index in [0.29, 0.717) is 6.61 Å². The van der Waals surface area contributed by atoms with Gasteiger partial charge in [0.1, 0.15) is 0 Å². The summed E-state index contributed by atoms with van der Waals surface area (Å²) in [5.74, 6) is 2.66. The van der Waals surface area contributed by atoms with Gasteiger partial charge in [-0.1, -0.05) is 12.7 Å². The summed E-state index contributed by atoms with van der Waals surface area (Å²) in [6.45, 7) is 8.07. The molecule has 0 saturated carbocycles. The zero-order chi connectivity index (χ0) is 9.23. The first-order valence-corrected chi connectivity index (χ1v) is 3.93. The summed E-state index contributed by atoms with van der Waals surface area (Å²) in [7, 11) is 0. The Kier molecular flexibility index (Phi) is 7.25. The van der Waals surface area contributed by atoms with Gasteiger partial charge < -0.3 is 4.74 Å². The van der Waals surface area contributed by atoms with Crippen molar-refractivity contribution < 1.29 is 4.74 Å². The average molecular weight is 165 g/mol. The first kappa shape index (κ1) is 10.9. The van der Waals surface area contributed by atoms with Crippen LogP contribution in [0.2, 0.25) is 0 Å². The van der Waals surface area contributed by atoms with Crippen LogP contribution < -0.4 is 0 Å². The molecule has 0 radical (unpaired) electrons. The van der Waals surface area contributed by atoms with E-state index in [9.17, 15) is 0 Å². The normalized spacial score (nSPS) is 9.92. The molecule has 12 heavy (non-hydrogen) atoms. The Morgan fingerprint density at radius 2 is 2.33 bits per heavy atom. The Balaban J connectivity index is 3.50. The average Bonchev–Trinajstić information content (AvgIpc) is 2.02. The van der Waals surface area contributed by atoms with Gasteiger partial charge in [0.25, 0.3) is 0 Å². The summed E-state index contributed by atoms with van der Waals surface area (Å²) >= 11 is 0. The number of rotatable bonds is 5. The van der Waals surface area contributed by atoms with Gasteiger partial charge in [-0.25, -0.2) is 4.99 Å². The van der Waals surface area contributed by atoms with Crippen molar-refractivity contribution in [1.82, 2.24) is 0 Å². The van der Waals surface area contributed by atoms with Crippen LogP contribution in [0.25, 0.3) is 0 Å². The molecule has 2 heteroatoms. The summed E-state index contributed by atoms with van der Waals surface area (Å²) in [6, 6.07) is 0. The van der Waals surface area contributed by atoms with Crippen molar-refractivity contribution in [2.45, 2.75) is 20.0 Å². The molecule has 0 aromatic carbocycles. The Morgan fingerprint density at radius 1 is 1.58 bits per heavy atom. The highest BCUT2D eigenvalue weighted by atomic mass is 16.5. The molecular weight excluding hydrogens is 150 g/mol. The second-order valence-electron chi connectivity index (χ2n) is 2.43. The Morgan fingerprint density at radius 3 is 2.92 bits per heavy atom. The van der Waals surface area contributed by atoms with Crippen LogP contribution in [-0.4, -0.2) is 18.6 Å². The molecule has 0 aromatic heterocycles. The molecule has 0 atom stereocenters. The van der Waals surface area contributed by atoms with E-state index in [4.69, 9.17) is 4.74 Å². The molecule has 0 aliphatic heterocycles. The molecule has 0 bridgehead atoms. The van der Waals surface area contributed by atoms with Crippen LogP contribution in [0.5, 0.6) is 0 Å². The molecule has 0 fully saturated rings. The molecule has 0 aliphatic rings. The van der Waals surface area contributed by atoms with Gasteiger partial charge in [-0.3, -0.25) is 0 Å². The van der Waals surface area contributed by atoms with Crippen LogP contribution in [0, 0.1) is 0 Å². The Hall–Kier alpha value is -1.11. The lowest BCUT2D eigenvalue weighted by atomic mass is 10.5. The third-order valence-electron chi connectivity index (χ3n) is 0.973. The predicted octanol–water partition coefficient (Wildman–Crippen LogP) is 2.34. The zero-order valence-corrected chi connectivity index (χ0v) is 7.66. The predicted molar refractivity (Wildman–Crippen MR) is 52.4 cm³/mol. The first-order chi connectivity index (χ1) is 5.77. The fourth-order valence-electron chi connectivity index (χ4n) is 0.483. The lowest BCUT2D eigenvalue weighted by molar-refractivity contribution is 0.102. The third kappa shape index (κ3) is 8.89. The lowest BCUT2D eigenvalue weighted by Crippen LogP contribution is -2.01. The van der Waals surface area contributed by atoms with Gasteiger partial charge in [0.2, 0.25) is 0 Å². The summed E-state index contributed by atoms with van der Waals surface area (Å²) in [6.07, 6.45) is 7.03.